The molecule has 0 bridgehead atoms. The fraction of sp³-hybridized carbons (Fsp3) is 1.00. The molecule has 5 heteroatoms. The normalized spacial score (nSPS) is 37.2. The zero-order valence-corrected chi connectivity index (χ0v) is 7.27. The Balaban J connectivity index is 2.53. The number of hydrogen-bond donors (Lipinski definition) is 3. The second kappa shape index (κ2) is 4.11. The van der Waals surface area contributed by atoms with Gasteiger partial charge in [0.1, 0.15) is 0 Å². The van der Waals surface area contributed by atoms with Crippen molar-refractivity contribution in [1.29, 1.82) is 0 Å². The highest BCUT2D eigenvalue weighted by atomic mass is 19.3. The molecule has 12 heavy (non-hydrogen) atoms. The third kappa shape index (κ3) is 1.91. The second-order valence-electron chi connectivity index (χ2n) is 3.07. The fourth-order valence-electron chi connectivity index (χ4n) is 1.55. The van der Waals surface area contributed by atoms with Crippen molar-refractivity contribution in [2.75, 3.05) is 13.7 Å². The lowest BCUT2D eigenvalue weighted by Gasteiger charge is -2.37. The van der Waals surface area contributed by atoms with E-state index in [2.05, 4.69) is 16.0 Å². The molecule has 1 heterocycles. The third-order valence-corrected chi connectivity index (χ3v) is 2.33. The number of rotatable bonds is 2. The maximum Gasteiger partial charge on any atom is 0.254 e. The van der Waals surface area contributed by atoms with Crippen LogP contribution in [0, 0.1) is 5.92 Å². The Hall–Kier alpha value is -0.260. The molecule has 0 aromatic heterocycles. The zero-order chi connectivity index (χ0) is 9.14. The van der Waals surface area contributed by atoms with Crippen molar-refractivity contribution in [3.8, 4) is 0 Å². The maximum atomic E-state index is 12.4. The van der Waals surface area contributed by atoms with Gasteiger partial charge < -0.3 is 5.32 Å². The lowest BCUT2D eigenvalue weighted by molar-refractivity contribution is 0.0399. The predicted molar refractivity (Wildman–Crippen MR) is 42.9 cm³/mol. The largest absolute Gasteiger partial charge is 0.305 e. The molecule has 0 saturated carbocycles. The first kappa shape index (κ1) is 9.83. The van der Waals surface area contributed by atoms with Crippen molar-refractivity contribution in [1.82, 2.24) is 16.0 Å². The van der Waals surface area contributed by atoms with Crippen LogP contribution in [0.5, 0.6) is 0 Å². The van der Waals surface area contributed by atoms with Gasteiger partial charge in [0, 0.05) is 12.6 Å². The van der Waals surface area contributed by atoms with Gasteiger partial charge in [0.25, 0.3) is 6.43 Å². The highest BCUT2D eigenvalue weighted by Crippen LogP contribution is 2.16. The van der Waals surface area contributed by atoms with Crippen LogP contribution >= 0.6 is 0 Å². The third-order valence-electron chi connectivity index (χ3n) is 2.33. The van der Waals surface area contributed by atoms with Crippen LogP contribution in [0.3, 0.4) is 0 Å². The quantitative estimate of drug-likeness (QED) is 0.556. The first-order chi connectivity index (χ1) is 5.66. The number of alkyl halides is 2. The van der Waals surface area contributed by atoms with E-state index in [1.54, 1.807) is 14.0 Å². The summed E-state index contributed by atoms with van der Waals surface area (Å²) >= 11 is 0. The minimum absolute atomic E-state index is 0.0229. The topological polar surface area (TPSA) is 36.1 Å². The van der Waals surface area contributed by atoms with Crippen molar-refractivity contribution >= 4 is 0 Å². The predicted octanol–water partition coefficient (Wildman–Crippen LogP) is -0.0480. The van der Waals surface area contributed by atoms with Crippen LogP contribution < -0.4 is 16.0 Å². The molecular formula is C7H15F2N3. The lowest BCUT2D eigenvalue weighted by atomic mass is 9.97. The maximum absolute atomic E-state index is 12.4. The minimum Gasteiger partial charge on any atom is -0.305 e. The molecule has 3 N–H and O–H groups in total. The zero-order valence-electron chi connectivity index (χ0n) is 7.27. The van der Waals surface area contributed by atoms with Crippen LogP contribution in [0.25, 0.3) is 0 Å². The highest BCUT2D eigenvalue weighted by Gasteiger charge is 2.34. The average Bonchev–Trinajstić information content (AvgIpc) is 2.04. The summed E-state index contributed by atoms with van der Waals surface area (Å²) in [5.41, 5.74) is 0. The summed E-state index contributed by atoms with van der Waals surface area (Å²) in [6, 6.07) is -0.705. The molecule has 0 amide bonds. The smallest absolute Gasteiger partial charge is 0.254 e. The molecule has 72 valence electrons. The molecule has 1 aliphatic heterocycles. The van der Waals surface area contributed by atoms with Gasteiger partial charge in [-0.25, -0.2) is 8.78 Å². The molecule has 0 aliphatic carbocycles. The van der Waals surface area contributed by atoms with Gasteiger partial charge in [0.05, 0.1) is 12.2 Å². The number of nitrogens with one attached hydrogen (secondary N) is 3. The van der Waals surface area contributed by atoms with Crippen LogP contribution in [0.4, 0.5) is 8.78 Å². The van der Waals surface area contributed by atoms with Crippen LogP contribution in [-0.2, 0) is 0 Å². The Morgan fingerprint density at radius 3 is 2.58 bits per heavy atom. The standard InChI is InChI=1S/C7H15F2N3/c1-4-5(6(8)9)11-3-12-7(4)10-2/h4-7,10-12H,3H2,1-2H3. The van der Waals surface area contributed by atoms with Gasteiger partial charge in [-0.1, -0.05) is 6.92 Å². The molecule has 1 saturated heterocycles. The Labute approximate surface area is 70.9 Å². The van der Waals surface area contributed by atoms with E-state index in [4.69, 9.17) is 0 Å². The van der Waals surface area contributed by atoms with E-state index >= 15 is 0 Å². The first-order valence-electron chi connectivity index (χ1n) is 4.09. The number of hydrogen-bond acceptors (Lipinski definition) is 3. The van der Waals surface area contributed by atoms with Crippen LogP contribution in [-0.4, -0.2) is 32.3 Å². The van der Waals surface area contributed by atoms with Gasteiger partial charge in [-0.3, -0.25) is 10.6 Å². The van der Waals surface area contributed by atoms with Gasteiger partial charge in [-0.2, -0.15) is 0 Å². The molecular weight excluding hydrogens is 164 g/mol. The molecule has 0 aromatic carbocycles. The highest BCUT2D eigenvalue weighted by molar-refractivity contribution is 4.86. The summed E-state index contributed by atoms with van der Waals surface area (Å²) in [6.07, 6.45) is -2.32. The average molecular weight is 179 g/mol. The molecule has 3 nitrogen and oxygen atoms in total. The summed E-state index contributed by atoms with van der Waals surface area (Å²) in [6.45, 7) is 2.24. The molecule has 3 unspecified atom stereocenters. The number of halogens is 2. The molecule has 0 radical (unpaired) electrons. The lowest BCUT2D eigenvalue weighted by Crippen LogP contribution is -2.62. The monoisotopic (exact) mass is 179 g/mol. The van der Waals surface area contributed by atoms with Gasteiger partial charge in [-0.05, 0) is 7.05 Å². The minimum atomic E-state index is -2.29. The van der Waals surface area contributed by atoms with E-state index in [-0.39, 0.29) is 12.1 Å². The SMILES string of the molecule is CNC1NCNC(C(F)F)C1C. The van der Waals surface area contributed by atoms with E-state index in [1.165, 1.54) is 0 Å². The molecule has 1 rings (SSSR count). The van der Waals surface area contributed by atoms with Gasteiger partial charge in [0.15, 0.2) is 0 Å². The molecule has 1 fully saturated rings. The van der Waals surface area contributed by atoms with Crippen molar-refractivity contribution in [3.63, 3.8) is 0 Å². The Morgan fingerprint density at radius 2 is 2.08 bits per heavy atom. The first-order valence-corrected chi connectivity index (χ1v) is 4.09. The van der Waals surface area contributed by atoms with E-state index in [0.717, 1.165) is 0 Å². The Bertz CT molecular complexity index is 143. The molecule has 0 spiro atoms. The summed E-state index contributed by atoms with van der Waals surface area (Å²) in [5, 5.41) is 8.73. The van der Waals surface area contributed by atoms with E-state index < -0.39 is 12.5 Å². The molecule has 1 aliphatic rings. The van der Waals surface area contributed by atoms with Crippen LogP contribution in [0.2, 0.25) is 0 Å². The van der Waals surface area contributed by atoms with Gasteiger partial charge in [-0.15, -0.1) is 0 Å². The second-order valence-corrected chi connectivity index (χ2v) is 3.07. The van der Waals surface area contributed by atoms with Crippen LogP contribution in [0.15, 0.2) is 0 Å². The Morgan fingerprint density at radius 1 is 1.42 bits per heavy atom. The van der Waals surface area contributed by atoms with Crippen molar-refractivity contribution < 1.29 is 8.78 Å². The van der Waals surface area contributed by atoms with E-state index in [0.29, 0.717) is 6.67 Å². The van der Waals surface area contributed by atoms with Crippen molar-refractivity contribution in [2.24, 2.45) is 5.92 Å². The Kier molecular flexibility index (Phi) is 3.37. The summed E-state index contributed by atoms with van der Waals surface area (Å²) < 4.78 is 24.7. The van der Waals surface area contributed by atoms with Gasteiger partial charge >= 0.3 is 0 Å². The fourth-order valence-corrected chi connectivity index (χ4v) is 1.55. The summed E-state index contributed by atoms with van der Waals surface area (Å²) in [7, 11) is 1.77. The molecule has 3 atom stereocenters. The van der Waals surface area contributed by atoms with Crippen molar-refractivity contribution in [3.05, 3.63) is 0 Å². The van der Waals surface area contributed by atoms with Gasteiger partial charge in [0.2, 0.25) is 0 Å². The summed E-state index contributed by atoms with van der Waals surface area (Å²) in [5.74, 6) is -0.108. The summed E-state index contributed by atoms with van der Waals surface area (Å²) in [4.78, 5) is 0. The van der Waals surface area contributed by atoms with Crippen molar-refractivity contribution in [2.45, 2.75) is 25.6 Å². The van der Waals surface area contributed by atoms with Crippen LogP contribution in [0.1, 0.15) is 6.92 Å². The molecule has 0 aromatic rings. The van der Waals surface area contributed by atoms with E-state index in [1.807, 2.05) is 0 Å². The van der Waals surface area contributed by atoms with E-state index in [9.17, 15) is 8.78 Å².